The summed E-state index contributed by atoms with van der Waals surface area (Å²) >= 11 is 0. The molecule has 0 radical (unpaired) electrons. The highest BCUT2D eigenvalue weighted by Gasteiger charge is 2.61. The molecular weight excluding hydrogens is 458 g/mol. The van der Waals surface area contributed by atoms with Gasteiger partial charge in [-0.1, -0.05) is 91.1 Å². The summed E-state index contributed by atoms with van der Waals surface area (Å²) in [6.07, 6.45) is 21.1. The van der Waals surface area contributed by atoms with Gasteiger partial charge >= 0.3 is 6.09 Å². The molecule has 37 heavy (non-hydrogen) atoms. The SMILES string of the molecule is CCCCCCCCCCCCNC(=O)O[C@H]1CCC2C3C(C4CCC(=O)C=C4C[C@H]3C)[C@@H](C)C[C@@]21C. The Morgan fingerprint density at radius 3 is 2.32 bits per heavy atom. The predicted octanol–water partition coefficient (Wildman–Crippen LogP) is 8.64. The van der Waals surface area contributed by atoms with E-state index in [0.29, 0.717) is 41.3 Å². The maximum Gasteiger partial charge on any atom is 0.407 e. The number of ether oxygens (including phenoxy) is 1. The van der Waals surface area contributed by atoms with Gasteiger partial charge in [0.25, 0.3) is 0 Å². The molecule has 0 aliphatic heterocycles. The van der Waals surface area contributed by atoms with E-state index in [4.69, 9.17) is 4.74 Å². The van der Waals surface area contributed by atoms with Crippen molar-refractivity contribution in [2.75, 3.05) is 6.54 Å². The van der Waals surface area contributed by atoms with Crippen LogP contribution in [0.15, 0.2) is 11.6 Å². The van der Waals surface area contributed by atoms with E-state index < -0.39 is 0 Å². The zero-order valence-electron chi connectivity index (χ0n) is 24.4. The molecule has 4 unspecified atom stereocenters. The Morgan fingerprint density at radius 1 is 0.946 bits per heavy atom. The first-order chi connectivity index (χ1) is 17.8. The van der Waals surface area contributed by atoms with Crippen molar-refractivity contribution in [1.29, 1.82) is 0 Å². The van der Waals surface area contributed by atoms with Crippen LogP contribution in [0.4, 0.5) is 4.79 Å². The number of allylic oxidation sites excluding steroid dienone is 1. The summed E-state index contributed by atoms with van der Waals surface area (Å²) in [5, 5.41) is 3.06. The zero-order valence-corrected chi connectivity index (χ0v) is 24.4. The van der Waals surface area contributed by atoms with Crippen molar-refractivity contribution in [3.63, 3.8) is 0 Å². The molecule has 1 amide bonds. The second-order valence-electron chi connectivity index (χ2n) is 13.5. The molecule has 0 aromatic heterocycles. The maximum atomic E-state index is 12.8. The van der Waals surface area contributed by atoms with Crippen LogP contribution in [0.2, 0.25) is 0 Å². The highest BCUT2D eigenvalue weighted by atomic mass is 16.6. The smallest absolute Gasteiger partial charge is 0.407 e. The predicted molar refractivity (Wildman–Crippen MR) is 151 cm³/mol. The largest absolute Gasteiger partial charge is 0.446 e. The monoisotopic (exact) mass is 513 g/mol. The number of hydrogen-bond acceptors (Lipinski definition) is 3. The summed E-state index contributed by atoms with van der Waals surface area (Å²) in [6.45, 7) is 10.3. The van der Waals surface area contributed by atoms with Gasteiger partial charge in [-0.2, -0.15) is 0 Å². The molecule has 0 heterocycles. The summed E-state index contributed by atoms with van der Waals surface area (Å²) in [6, 6.07) is 0. The lowest BCUT2D eigenvalue weighted by Gasteiger charge is -2.58. The van der Waals surface area contributed by atoms with Crippen molar-refractivity contribution < 1.29 is 14.3 Å². The molecule has 3 fully saturated rings. The van der Waals surface area contributed by atoms with E-state index in [1.807, 2.05) is 6.08 Å². The van der Waals surface area contributed by atoms with Crippen molar-refractivity contribution in [2.24, 2.45) is 40.9 Å². The van der Waals surface area contributed by atoms with Crippen molar-refractivity contribution in [2.45, 2.75) is 137 Å². The highest BCUT2D eigenvalue weighted by Crippen LogP contribution is 2.65. The number of alkyl carbamates (subject to hydrolysis) is 1. The molecule has 0 saturated heterocycles. The van der Waals surface area contributed by atoms with Gasteiger partial charge in [0.15, 0.2) is 5.78 Å². The zero-order chi connectivity index (χ0) is 26.4. The number of carbonyl (C=O) groups is 2. The molecular formula is C33H55NO3. The molecule has 0 aromatic carbocycles. The normalized spacial score (nSPS) is 36.8. The summed E-state index contributed by atoms with van der Waals surface area (Å²) in [4.78, 5) is 24.9. The van der Waals surface area contributed by atoms with Crippen molar-refractivity contribution in [3.8, 4) is 0 Å². The van der Waals surface area contributed by atoms with E-state index in [9.17, 15) is 9.59 Å². The number of rotatable bonds is 12. The summed E-state index contributed by atoms with van der Waals surface area (Å²) in [5.74, 6) is 4.15. The minimum Gasteiger partial charge on any atom is -0.446 e. The van der Waals surface area contributed by atoms with Gasteiger partial charge in [-0.15, -0.1) is 0 Å². The van der Waals surface area contributed by atoms with Crippen molar-refractivity contribution in [3.05, 3.63) is 11.6 Å². The molecule has 4 aliphatic rings. The van der Waals surface area contributed by atoms with Crippen LogP contribution in [-0.4, -0.2) is 24.5 Å². The van der Waals surface area contributed by atoms with Gasteiger partial charge in [0, 0.05) is 18.4 Å². The molecule has 1 N–H and O–H groups in total. The molecule has 4 rings (SSSR count). The van der Waals surface area contributed by atoms with Crippen LogP contribution in [0.25, 0.3) is 0 Å². The van der Waals surface area contributed by atoms with Crippen LogP contribution in [-0.2, 0) is 9.53 Å². The van der Waals surface area contributed by atoms with E-state index in [1.54, 1.807) is 0 Å². The first kappa shape index (κ1) is 28.7. The minimum atomic E-state index is -0.203. The van der Waals surface area contributed by atoms with E-state index >= 15 is 0 Å². The molecule has 0 spiro atoms. The number of hydrogen-bond donors (Lipinski definition) is 1. The molecule has 0 bridgehead atoms. The van der Waals surface area contributed by atoms with Crippen LogP contribution in [0.3, 0.4) is 0 Å². The summed E-state index contributed by atoms with van der Waals surface area (Å²) in [5.41, 5.74) is 1.52. The summed E-state index contributed by atoms with van der Waals surface area (Å²) in [7, 11) is 0. The van der Waals surface area contributed by atoms with Gasteiger partial charge in [-0.3, -0.25) is 4.79 Å². The van der Waals surface area contributed by atoms with Gasteiger partial charge in [0.05, 0.1) is 0 Å². The Kier molecular flexibility index (Phi) is 10.2. The van der Waals surface area contributed by atoms with Gasteiger partial charge < -0.3 is 10.1 Å². The third-order valence-electron chi connectivity index (χ3n) is 10.9. The number of fused-ring (bicyclic) bond motifs is 5. The number of ketones is 1. The van der Waals surface area contributed by atoms with E-state index in [-0.39, 0.29) is 17.6 Å². The van der Waals surface area contributed by atoms with E-state index in [1.165, 1.54) is 69.8 Å². The highest BCUT2D eigenvalue weighted by molar-refractivity contribution is 5.91. The standard InChI is InChI=1S/C33H55NO3/c1-5-6-7-8-9-10-11-12-13-14-19-34-32(36)37-29-18-17-28-31-23(2)20-25-21-26(35)15-16-27(25)30(31)24(3)22-33(28,29)4/h21,23-24,27-31H,5-20,22H2,1-4H3,(H,34,36)/t23-,24+,27?,28?,29+,30?,31?,33+/m1/s1. The molecule has 4 nitrogen and oxygen atoms in total. The van der Waals surface area contributed by atoms with Gasteiger partial charge in [0.2, 0.25) is 0 Å². The minimum absolute atomic E-state index is 0.0330. The lowest BCUT2D eigenvalue weighted by molar-refractivity contribution is -0.118. The van der Waals surface area contributed by atoms with Crippen LogP contribution >= 0.6 is 0 Å². The van der Waals surface area contributed by atoms with Gasteiger partial charge in [0.1, 0.15) is 6.10 Å². The van der Waals surface area contributed by atoms with Crippen LogP contribution in [0, 0.1) is 40.9 Å². The number of amides is 1. The molecule has 8 atom stereocenters. The molecule has 4 heteroatoms. The second-order valence-corrected chi connectivity index (χ2v) is 13.5. The fourth-order valence-electron chi connectivity index (χ4n) is 9.26. The molecule has 4 aliphatic carbocycles. The van der Waals surface area contributed by atoms with Crippen molar-refractivity contribution in [1.82, 2.24) is 5.32 Å². The van der Waals surface area contributed by atoms with Crippen LogP contribution in [0.1, 0.15) is 130 Å². The van der Waals surface area contributed by atoms with Crippen LogP contribution < -0.4 is 5.32 Å². The first-order valence-corrected chi connectivity index (χ1v) is 16.0. The van der Waals surface area contributed by atoms with Gasteiger partial charge in [-0.05, 0) is 80.1 Å². The third kappa shape index (κ3) is 6.64. The molecule has 3 saturated carbocycles. The summed E-state index contributed by atoms with van der Waals surface area (Å²) < 4.78 is 6.15. The Morgan fingerprint density at radius 2 is 1.62 bits per heavy atom. The average Bonchev–Trinajstić information content (AvgIpc) is 3.17. The quantitative estimate of drug-likeness (QED) is 0.266. The third-order valence-corrected chi connectivity index (χ3v) is 10.9. The fraction of sp³-hybridized carbons (Fsp3) is 0.879. The van der Waals surface area contributed by atoms with Gasteiger partial charge in [-0.25, -0.2) is 4.79 Å². The average molecular weight is 514 g/mol. The lowest BCUT2D eigenvalue weighted by Crippen LogP contribution is -2.54. The number of carbonyl (C=O) groups excluding carboxylic acids is 2. The molecule has 210 valence electrons. The maximum absolute atomic E-state index is 12.8. The van der Waals surface area contributed by atoms with E-state index in [0.717, 1.165) is 45.1 Å². The Bertz CT molecular complexity index is 805. The Balaban J connectivity index is 1.21. The lowest BCUT2D eigenvalue weighted by atomic mass is 9.47. The fourth-order valence-corrected chi connectivity index (χ4v) is 9.26. The van der Waals surface area contributed by atoms with E-state index in [2.05, 4.69) is 33.0 Å². The molecule has 0 aromatic rings. The Hall–Kier alpha value is -1.32. The van der Waals surface area contributed by atoms with Crippen LogP contribution in [0.5, 0.6) is 0 Å². The van der Waals surface area contributed by atoms with Crippen molar-refractivity contribution >= 4 is 11.9 Å². The first-order valence-electron chi connectivity index (χ1n) is 16.0. The Labute approximate surface area is 227 Å². The number of nitrogens with one attached hydrogen (secondary N) is 1. The second kappa shape index (κ2) is 13.2. The topological polar surface area (TPSA) is 55.4 Å². The number of unbranched alkanes of at least 4 members (excludes halogenated alkanes) is 9.